The van der Waals surface area contributed by atoms with Crippen LogP contribution in [0.1, 0.15) is 103 Å². The largest absolute Gasteiger partial charge is 0.508 e. The molecule has 4 unspecified atom stereocenters. The summed E-state index contributed by atoms with van der Waals surface area (Å²) in [5.41, 5.74) is 11.8. The second kappa shape index (κ2) is 8.01. The standard InChI is InChI=1S/C33H36O/c1-20-14-33(34)31(21-8-3-2-4-9-21)19-28(20)30-18-23-15-24(30)17-29(23)27-13-7-12-26-25-11-6-5-10-22(25)16-32(26)27/h5-7,10-14,19,21,23-24,29-30,34H,2-4,8-9,15-18H2,1H3. The third kappa shape index (κ3) is 3.19. The number of benzene rings is 3. The van der Waals surface area contributed by atoms with Crippen molar-refractivity contribution in [2.24, 2.45) is 11.8 Å². The summed E-state index contributed by atoms with van der Waals surface area (Å²) in [5.74, 6) is 4.11. The van der Waals surface area contributed by atoms with Crippen molar-refractivity contribution in [3.8, 4) is 16.9 Å². The van der Waals surface area contributed by atoms with Gasteiger partial charge in [0.1, 0.15) is 5.75 Å². The van der Waals surface area contributed by atoms with Crippen LogP contribution in [0.4, 0.5) is 0 Å². The Morgan fingerprint density at radius 2 is 1.44 bits per heavy atom. The molecule has 0 spiro atoms. The van der Waals surface area contributed by atoms with Crippen molar-refractivity contribution in [2.75, 3.05) is 0 Å². The summed E-state index contributed by atoms with van der Waals surface area (Å²) in [7, 11) is 0. The Hall–Kier alpha value is -2.54. The summed E-state index contributed by atoms with van der Waals surface area (Å²) in [4.78, 5) is 0. The minimum Gasteiger partial charge on any atom is -0.508 e. The Balaban J connectivity index is 1.17. The first-order valence-corrected chi connectivity index (χ1v) is 13.7. The van der Waals surface area contributed by atoms with Crippen LogP contribution in [0.3, 0.4) is 0 Å². The van der Waals surface area contributed by atoms with E-state index >= 15 is 0 Å². The smallest absolute Gasteiger partial charge is 0.119 e. The fourth-order valence-corrected chi connectivity index (χ4v) is 8.43. The zero-order valence-corrected chi connectivity index (χ0v) is 20.4. The number of rotatable bonds is 3. The summed E-state index contributed by atoms with van der Waals surface area (Å²) in [6.45, 7) is 2.23. The summed E-state index contributed by atoms with van der Waals surface area (Å²) in [5, 5.41) is 10.8. The van der Waals surface area contributed by atoms with Crippen LogP contribution < -0.4 is 0 Å². The highest BCUT2D eigenvalue weighted by atomic mass is 16.3. The summed E-state index contributed by atoms with van der Waals surface area (Å²) in [6, 6.07) is 20.6. The van der Waals surface area contributed by atoms with Crippen LogP contribution in [0.25, 0.3) is 11.1 Å². The van der Waals surface area contributed by atoms with Crippen LogP contribution in [0, 0.1) is 18.8 Å². The Bertz CT molecular complexity index is 1250. The van der Waals surface area contributed by atoms with Gasteiger partial charge < -0.3 is 5.11 Å². The number of aryl methyl sites for hydroxylation is 1. The van der Waals surface area contributed by atoms with Gasteiger partial charge in [-0.25, -0.2) is 0 Å². The normalized spacial score (nSPS) is 27.7. The lowest BCUT2D eigenvalue weighted by atomic mass is 9.73. The van der Waals surface area contributed by atoms with Gasteiger partial charge in [0.2, 0.25) is 0 Å². The Morgan fingerprint density at radius 1 is 0.706 bits per heavy atom. The molecule has 3 aromatic rings. The highest BCUT2D eigenvalue weighted by molar-refractivity contribution is 5.78. The van der Waals surface area contributed by atoms with Gasteiger partial charge in [0.25, 0.3) is 0 Å². The first-order valence-electron chi connectivity index (χ1n) is 13.7. The topological polar surface area (TPSA) is 20.2 Å². The van der Waals surface area contributed by atoms with Gasteiger partial charge in [-0.05, 0) is 126 Å². The van der Waals surface area contributed by atoms with Crippen molar-refractivity contribution in [1.82, 2.24) is 0 Å². The lowest BCUT2D eigenvalue weighted by Gasteiger charge is -2.32. The third-order valence-corrected chi connectivity index (χ3v) is 10.0. The molecule has 0 heterocycles. The number of phenols is 1. The zero-order chi connectivity index (χ0) is 22.8. The molecule has 0 radical (unpaired) electrons. The van der Waals surface area contributed by atoms with Gasteiger partial charge >= 0.3 is 0 Å². The molecule has 4 aliphatic rings. The lowest BCUT2D eigenvalue weighted by Crippen LogP contribution is -2.17. The second-order valence-corrected chi connectivity index (χ2v) is 11.8. The van der Waals surface area contributed by atoms with Gasteiger partial charge in [0.05, 0.1) is 0 Å². The van der Waals surface area contributed by atoms with E-state index in [-0.39, 0.29) is 0 Å². The molecule has 3 aromatic carbocycles. The average Bonchev–Trinajstić information content (AvgIpc) is 3.57. The maximum Gasteiger partial charge on any atom is 0.119 e. The van der Waals surface area contributed by atoms with Crippen molar-refractivity contribution < 1.29 is 5.11 Å². The van der Waals surface area contributed by atoms with E-state index in [4.69, 9.17) is 0 Å². The number of hydrogen-bond acceptors (Lipinski definition) is 1. The summed E-state index contributed by atoms with van der Waals surface area (Å²) >= 11 is 0. The van der Waals surface area contributed by atoms with Crippen molar-refractivity contribution in [2.45, 2.75) is 82.5 Å². The molecular weight excluding hydrogens is 412 g/mol. The lowest BCUT2D eigenvalue weighted by molar-refractivity contribution is 0.372. The molecule has 4 aliphatic carbocycles. The fourth-order valence-electron chi connectivity index (χ4n) is 8.43. The van der Waals surface area contributed by atoms with Crippen molar-refractivity contribution in [1.29, 1.82) is 0 Å². The van der Waals surface area contributed by atoms with Crippen molar-refractivity contribution >= 4 is 0 Å². The maximum absolute atomic E-state index is 10.8. The van der Waals surface area contributed by atoms with Crippen molar-refractivity contribution in [3.63, 3.8) is 0 Å². The quantitative estimate of drug-likeness (QED) is 0.332. The minimum atomic E-state index is 0.550. The zero-order valence-electron chi connectivity index (χ0n) is 20.4. The van der Waals surface area contributed by atoms with Crippen LogP contribution in [0.15, 0.2) is 54.6 Å². The molecular formula is C33H36O. The van der Waals surface area contributed by atoms with E-state index in [1.54, 1.807) is 16.7 Å². The van der Waals surface area contributed by atoms with Crippen molar-refractivity contribution in [3.05, 3.63) is 88.0 Å². The molecule has 3 saturated carbocycles. The molecule has 0 aromatic heterocycles. The molecule has 7 rings (SSSR count). The summed E-state index contributed by atoms with van der Waals surface area (Å²) < 4.78 is 0. The molecule has 2 bridgehead atoms. The number of aromatic hydroxyl groups is 1. The molecule has 34 heavy (non-hydrogen) atoms. The number of hydrogen-bond donors (Lipinski definition) is 1. The van der Waals surface area contributed by atoms with E-state index in [0.29, 0.717) is 17.6 Å². The maximum atomic E-state index is 10.8. The molecule has 0 amide bonds. The van der Waals surface area contributed by atoms with Crippen LogP contribution in [-0.2, 0) is 6.42 Å². The van der Waals surface area contributed by atoms with Crippen LogP contribution in [0.2, 0.25) is 0 Å². The van der Waals surface area contributed by atoms with Crippen LogP contribution in [0.5, 0.6) is 5.75 Å². The molecule has 4 atom stereocenters. The summed E-state index contributed by atoms with van der Waals surface area (Å²) in [6.07, 6.45) is 11.6. The monoisotopic (exact) mass is 448 g/mol. The predicted octanol–water partition coefficient (Wildman–Crippen LogP) is 8.62. The molecule has 0 aliphatic heterocycles. The first-order chi connectivity index (χ1) is 16.7. The third-order valence-electron chi connectivity index (χ3n) is 10.0. The fraction of sp³-hybridized carbons (Fsp3) is 0.455. The minimum absolute atomic E-state index is 0.550. The molecule has 0 saturated heterocycles. The molecule has 1 heteroatoms. The Kier molecular flexibility index (Phi) is 4.90. The van der Waals surface area contributed by atoms with E-state index < -0.39 is 0 Å². The van der Waals surface area contributed by atoms with Crippen LogP contribution >= 0.6 is 0 Å². The van der Waals surface area contributed by atoms with Gasteiger partial charge in [0.15, 0.2) is 0 Å². The Labute approximate surface area is 204 Å². The molecule has 3 fully saturated rings. The van der Waals surface area contributed by atoms with Gasteiger partial charge in [-0.15, -0.1) is 0 Å². The molecule has 1 nitrogen and oxygen atoms in total. The SMILES string of the molecule is Cc1cc(O)c(C2CCCCC2)cc1C1CC2CC1CC2c1cccc2c1Cc1ccccc1-2. The molecule has 1 N–H and O–H groups in total. The average molecular weight is 449 g/mol. The van der Waals surface area contributed by atoms with E-state index in [2.05, 4.69) is 61.5 Å². The van der Waals surface area contributed by atoms with E-state index in [1.165, 1.54) is 79.2 Å². The van der Waals surface area contributed by atoms with E-state index in [0.717, 1.165) is 24.2 Å². The first kappa shape index (κ1) is 20.8. The van der Waals surface area contributed by atoms with E-state index in [1.807, 2.05) is 0 Å². The second-order valence-electron chi connectivity index (χ2n) is 11.8. The highest BCUT2D eigenvalue weighted by Crippen LogP contribution is 2.61. The Morgan fingerprint density at radius 3 is 2.24 bits per heavy atom. The van der Waals surface area contributed by atoms with E-state index in [9.17, 15) is 5.11 Å². The van der Waals surface area contributed by atoms with Gasteiger partial charge in [-0.3, -0.25) is 0 Å². The molecule has 174 valence electrons. The predicted molar refractivity (Wildman–Crippen MR) is 140 cm³/mol. The highest BCUT2D eigenvalue weighted by Gasteiger charge is 2.48. The van der Waals surface area contributed by atoms with Gasteiger partial charge in [-0.2, -0.15) is 0 Å². The number of phenolic OH excluding ortho intramolecular Hbond substituents is 1. The van der Waals surface area contributed by atoms with Gasteiger partial charge in [-0.1, -0.05) is 67.8 Å². The van der Waals surface area contributed by atoms with Gasteiger partial charge in [0, 0.05) is 0 Å². The number of fused-ring (bicyclic) bond motifs is 5. The van der Waals surface area contributed by atoms with Crippen LogP contribution in [-0.4, -0.2) is 5.11 Å².